The largest absolute Gasteiger partial charge is 0.347 e. The number of nitrogens with two attached hydrogens (primary N) is 1. The minimum Gasteiger partial charge on any atom is -0.347 e. The Hall–Kier alpha value is -0.990. The molecule has 2 rings (SSSR count). The van der Waals surface area contributed by atoms with E-state index in [1.807, 2.05) is 12.1 Å². The maximum absolute atomic E-state index is 6.21. The molecule has 0 aliphatic rings. The Bertz CT molecular complexity index is 474. The summed E-state index contributed by atoms with van der Waals surface area (Å²) in [5.74, 6) is 0. The molecule has 0 atom stereocenters. The quantitative estimate of drug-likeness (QED) is 0.851. The minimum atomic E-state index is 0.661. The molecule has 3 heteroatoms. The standard InChI is InChI=1S/C12H15ClN2/c1-2-15-8-9(6-7-14)12-10(13)4-3-5-11(12)15/h3-5,8H,2,6-7,14H2,1H3. The number of nitrogens with zero attached hydrogens (tertiary/aromatic N) is 1. The zero-order valence-corrected chi connectivity index (χ0v) is 9.59. The average molecular weight is 223 g/mol. The van der Waals surface area contributed by atoms with E-state index in [2.05, 4.69) is 23.8 Å². The van der Waals surface area contributed by atoms with Crippen LogP contribution >= 0.6 is 11.6 Å². The van der Waals surface area contributed by atoms with Crippen LogP contribution in [0.2, 0.25) is 5.02 Å². The molecule has 0 aliphatic heterocycles. The van der Waals surface area contributed by atoms with E-state index in [0.29, 0.717) is 6.54 Å². The number of fused-ring (bicyclic) bond motifs is 1. The number of aromatic nitrogens is 1. The Morgan fingerprint density at radius 2 is 2.20 bits per heavy atom. The van der Waals surface area contributed by atoms with Crippen molar-refractivity contribution < 1.29 is 0 Å². The van der Waals surface area contributed by atoms with Gasteiger partial charge in [0.25, 0.3) is 0 Å². The predicted octanol–water partition coefficient (Wildman–Crippen LogP) is 2.82. The molecule has 80 valence electrons. The molecule has 0 fully saturated rings. The van der Waals surface area contributed by atoms with Gasteiger partial charge < -0.3 is 10.3 Å². The van der Waals surface area contributed by atoms with Crippen molar-refractivity contribution in [1.82, 2.24) is 4.57 Å². The van der Waals surface area contributed by atoms with Gasteiger partial charge in [0.2, 0.25) is 0 Å². The van der Waals surface area contributed by atoms with Crippen molar-refractivity contribution in [2.24, 2.45) is 5.73 Å². The Morgan fingerprint density at radius 1 is 1.40 bits per heavy atom. The van der Waals surface area contributed by atoms with Crippen LogP contribution in [0, 0.1) is 0 Å². The van der Waals surface area contributed by atoms with E-state index in [0.717, 1.165) is 23.4 Å². The first-order valence-electron chi connectivity index (χ1n) is 5.24. The summed E-state index contributed by atoms with van der Waals surface area (Å²) in [6, 6.07) is 6.03. The second-order valence-electron chi connectivity index (χ2n) is 3.61. The van der Waals surface area contributed by atoms with Crippen molar-refractivity contribution >= 4 is 22.5 Å². The summed E-state index contributed by atoms with van der Waals surface area (Å²) < 4.78 is 2.21. The third kappa shape index (κ3) is 1.75. The van der Waals surface area contributed by atoms with Gasteiger partial charge in [0, 0.05) is 23.6 Å². The van der Waals surface area contributed by atoms with Gasteiger partial charge in [0.05, 0.1) is 5.02 Å². The third-order valence-electron chi connectivity index (χ3n) is 2.69. The van der Waals surface area contributed by atoms with Crippen LogP contribution in [-0.4, -0.2) is 11.1 Å². The van der Waals surface area contributed by atoms with Crippen LogP contribution in [0.1, 0.15) is 12.5 Å². The highest BCUT2D eigenvalue weighted by molar-refractivity contribution is 6.35. The highest BCUT2D eigenvalue weighted by atomic mass is 35.5. The van der Waals surface area contributed by atoms with E-state index in [1.165, 1.54) is 11.1 Å². The molecule has 15 heavy (non-hydrogen) atoms. The van der Waals surface area contributed by atoms with Crippen molar-refractivity contribution in [1.29, 1.82) is 0 Å². The maximum atomic E-state index is 6.21. The van der Waals surface area contributed by atoms with Crippen molar-refractivity contribution in [2.45, 2.75) is 19.9 Å². The molecule has 0 spiro atoms. The van der Waals surface area contributed by atoms with E-state index >= 15 is 0 Å². The first-order chi connectivity index (χ1) is 7.27. The van der Waals surface area contributed by atoms with Crippen LogP contribution in [0.15, 0.2) is 24.4 Å². The molecular weight excluding hydrogens is 208 g/mol. The molecule has 0 aliphatic carbocycles. The van der Waals surface area contributed by atoms with Gasteiger partial charge >= 0.3 is 0 Å². The molecule has 1 aromatic heterocycles. The third-order valence-corrected chi connectivity index (χ3v) is 3.00. The predicted molar refractivity (Wildman–Crippen MR) is 65.4 cm³/mol. The molecule has 1 aromatic carbocycles. The zero-order valence-electron chi connectivity index (χ0n) is 8.83. The van der Waals surface area contributed by atoms with Gasteiger partial charge in [-0.25, -0.2) is 0 Å². The summed E-state index contributed by atoms with van der Waals surface area (Å²) in [5.41, 5.74) is 8.05. The van der Waals surface area contributed by atoms with Gasteiger partial charge in [-0.1, -0.05) is 17.7 Å². The second kappa shape index (κ2) is 4.25. The van der Waals surface area contributed by atoms with Crippen molar-refractivity contribution in [3.05, 3.63) is 35.0 Å². The fourth-order valence-corrected chi connectivity index (χ4v) is 2.29. The van der Waals surface area contributed by atoms with E-state index in [4.69, 9.17) is 17.3 Å². The lowest BCUT2D eigenvalue weighted by Crippen LogP contribution is -2.02. The minimum absolute atomic E-state index is 0.661. The first-order valence-corrected chi connectivity index (χ1v) is 5.62. The monoisotopic (exact) mass is 222 g/mol. The van der Waals surface area contributed by atoms with E-state index in [-0.39, 0.29) is 0 Å². The molecule has 0 radical (unpaired) electrons. The molecule has 0 unspecified atom stereocenters. The van der Waals surface area contributed by atoms with Gasteiger partial charge in [-0.3, -0.25) is 0 Å². The summed E-state index contributed by atoms with van der Waals surface area (Å²) >= 11 is 6.21. The van der Waals surface area contributed by atoms with E-state index in [9.17, 15) is 0 Å². The van der Waals surface area contributed by atoms with Gasteiger partial charge in [-0.15, -0.1) is 0 Å². The maximum Gasteiger partial charge on any atom is 0.0502 e. The average Bonchev–Trinajstić information content (AvgIpc) is 2.59. The highest BCUT2D eigenvalue weighted by Gasteiger charge is 2.09. The van der Waals surface area contributed by atoms with E-state index < -0.39 is 0 Å². The molecule has 2 aromatic rings. The molecule has 0 saturated heterocycles. The lowest BCUT2D eigenvalue weighted by atomic mass is 10.1. The topological polar surface area (TPSA) is 30.9 Å². The lowest BCUT2D eigenvalue weighted by Gasteiger charge is -2.00. The van der Waals surface area contributed by atoms with Crippen molar-refractivity contribution in [3.63, 3.8) is 0 Å². The number of aryl methyl sites for hydroxylation is 1. The summed E-state index contributed by atoms with van der Waals surface area (Å²) in [7, 11) is 0. The van der Waals surface area contributed by atoms with Crippen LogP contribution in [0.5, 0.6) is 0 Å². The fraction of sp³-hybridized carbons (Fsp3) is 0.333. The Morgan fingerprint density at radius 3 is 2.87 bits per heavy atom. The summed E-state index contributed by atoms with van der Waals surface area (Å²) in [4.78, 5) is 0. The summed E-state index contributed by atoms with van der Waals surface area (Å²) in [6.07, 6.45) is 3.04. The Kier molecular flexibility index (Phi) is 2.98. The van der Waals surface area contributed by atoms with Crippen LogP contribution in [-0.2, 0) is 13.0 Å². The molecule has 2 N–H and O–H groups in total. The molecule has 0 saturated carbocycles. The Labute approximate surface area is 94.6 Å². The van der Waals surface area contributed by atoms with E-state index in [1.54, 1.807) is 0 Å². The zero-order chi connectivity index (χ0) is 10.8. The highest BCUT2D eigenvalue weighted by Crippen LogP contribution is 2.28. The number of hydrogen-bond donors (Lipinski definition) is 1. The SMILES string of the molecule is CCn1cc(CCN)c2c(Cl)cccc21. The lowest BCUT2D eigenvalue weighted by molar-refractivity contribution is 0.790. The molecule has 2 nitrogen and oxygen atoms in total. The van der Waals surface area contributed by atoms with Crippen LogP contribution < -0.4 is 5.73 Å². The van der Waals surface area contributed by atoms with Gasteiger partial charge in [0.1, 0.15) is 0 Å². The number of halogens is 1. The van der Waals surface area contributed by atoms with Crippen LogP contribution in [0.4, 0.5) is 0 Å². The van der Waals surface area contributed by atoms with Gasteiger partial charge in [-0.05, 0) is 37.6 Å². The van der Waals surface area contributed by atoms with Gasteiger partial charge in [-0.2, -0.15) is 0 Å². The molecule has 0 bridgehead atoms. The fourth-order valence-electron chi connectivity index (χ4n) is 2.00. The van der Waals surface area contributed by atoms with Crippen molar-refractivity contribution in [3.8, 4) is 0 Å². The summed E-state index contributed by atoms with van der Waals surface area (Å²) in [5, 5.41) is 1.98. The number of benzene rings is 1. The van der Waals surface area contributed by atoms with Gasteiger partial charge in [0.15, 0.2) is 0 Å². The molecule has 0 amide bonds. The number of hydrogen-bond acceptors (Lipinski definition) is 1. The smallest absolute Gasteiger partial charge is 0.0502 e. The van der Waals surface area contributed by atoms with Crippen LogP contribution in [0.3, 0.4) is 0 Å². The number of rotatable bonds is 3. The van der Waals surface area contributed by atoms with Crippen molar-refractivity contribution in [2.75, 3.05) is 6.54 Å². The molecule has 1 heterocycles. The normalized spacial score (nSPS) is 11.1. The molecular formula is C12H15ClN2. The van der Waals surface area contributed by atoms with Crippen LogP contribution in [0.25, 0.3) is 10.9 Å². The summed E-state index contributed by atoms with van der Waals surface area (Å²) in [6.45, 7) is 3.75. The first kappa shape index (κ1) is 10.5. The second-order valence-corrected chi connectivity index (χ2v) is 4.02. The Balaban J connectivity index is 2.70.